The van der Waals surface area contributed by atoms with Crippen LogP contribution in [-0.2, 0) is 11.3 Å². The number of aromatic nitrogens is 1. The van der Waals surface area contributed by atoms with E-state index in [2.05, 4.69) is 17.2 Å². The molecule has 0 saturated carbocycles. The van der Waals surface area contributed by atoms with Gasteiger partial charge >= 0.3 is 0 Å². The highest BCUT2D eigenvalue weighted by atomic mass is 16.5. The molecule has 4 heteroatoms. The Labute approximate surface area is 116 Å². The summed E-state index contributed by atoms with van der Waals surface area (Å²) in [5, 5.41) is 3.32. The standard InChI is InChI=1S/C15H26N2O2/c1-5-7-16-12-13-11-14(6-8-17-13)18-9-10-19-15(2,3)4/h6,8,11,16H,5,7,9-10,12H2,1-4H3. The van der Waals surface area contributed by atoms with Crippen LogP contribution < -0.4 is 10.1 Å². The van der Waals surface area contributed by atoms with E-state index in [0.29, 0.717) is 13.2 Å². The van der Waals surface area contributed by atoms with Gasteiger partial charge in [0.25, 0.3) is 0 Å². The van der Waals surface area contributed by atoms with Crippen LogP contribution in [0.15, 0.2) is 18.3 Å². The molecule has 0 aliphatic heterocycles. The first-order chi connectivity index (χ1) is 9.01. The number of nitrogens with zero attached hydrogens (tertiary/aromatic N) is 1. The molecule has 0 amide bonds. The average Bonchev–Trinajstić information content (AvgIpc) is 2.35. The first-order valence-corrected chi connectivity index (χ1v) is 6.93. The Kier molecular flexibility index (Phi) is 6.81. The van der Waals surface area contributed by atoms with Crippen LogP contribution >= 0.6 is 0 Å². The van der Waals surface area contributed by atoms with Crippen molar-refractivity contribution in [1.82, 2.24) is 10.3 Å². The van der Waals surface area contributed by atoms with Gasteiger partial charge in [0.05, 0.1) is 17.9 Å². The zero-order valence-electron chi connectivity index (χ0n) is 12.5. The molecule has 0 aliphatic carbocycles. The minimum Gasteiger partial charge on any atom is -0.491 e. The number of pyridine rings is 1. The van der Waals surface area contributed by atoms with Crippen molar-refractivity contribution in [3.8, 4) is 5.75 Å². The van der Waals surface area contributed by atoms with Gasteiger partial charge in [-0.1, -0.05) is 6.92 Å². The Hall–Kier alpha value is -1.13. The number of ether oxygens (including phenoxy) is 2. The maximum absolute atomic E-state index is 5.66. The third kappa shape index (κ3) is 7.80. The lowest BCUT2D eigenvalue weighted by Crippen LogP contribution is -2.22. The minimum absolute atomic E-state index is 0.114. The summed E-state index contributed by atoms with van der Waals surface area (Å²) >= 11 is 0. The second-order valence-electron chi connectivity index (χ2n) is 5.47. The maximum atomic E-state index is 5.66. The fourth-order valence-electron chi connectivity index (χ4n) is 1.54. The summed E-state index contributed by atoms with van der Waals surface area (Å²) in [5.74, 6) is 0.848. The lowest BCUT2D eigenvalue weighted by atomic mass is 10.2. The van der Waals surface area contributed by atoms with Gasteiger partial charge in [-0.15, -0.1) is 0 Å². The Morgan fingerprint density at radius 1 is 1.26 bits per heavy atom. The molecule has 0 unspecified atom stereocenters. The van der Waals surface area contributed by atoms with Crippen LogP contribution in [0.4, 0.5) is 0 Å². The largest absolute Gasteiger partial charge is 0.491 e. The van der Waals surface area contributed by atoms with Crippen LogP contribution in [0.5, 0.6) is 5.75 Å². The summed E-state index contributed by atoms with van der Waals surface area (Å²) in [5.41, 5.74) is 0.888. The second kappa shape index (κ2) is 8.12. The fraction of sp³-hybridized carbons (Fsp3) is 0.667. The first-order valence-electron chi connectivity index (χ1n) is 6.93. The molecule has 0 aliphatic rings. The van der Waals surface area contributed by atoms with E-state index in [1.54, 1.807) is 6.20 Å². The summed E-state index contributed by atoms with van der Waals surface area (Å²) in [4.78, 5) is 4.30. The molecule has 0 bridgehead atoms. The highest BCUT2D eigenvalue weighted by Crippen LogP contribution is 2.11. The van der Waals surface area contributed by atoms with E-state index in [9.17, 15) is 0 Å². The molecule has 4 nitrogen and oxygen atoms in total. The van der Waals surface area contributed by atoms with Gasteiger partial charge in [0.1, 0.15) is 12.4 Å². The van der Waals surface area contributed by atoms with E-state index in [1.165, 1.54) is 0 Å². The van der Waals surface area contributed by atoms with Crippen LogP contribution in [0.3, 0.4) is 0 Å². The van der Waals surface area contributed by atoms with Crippen molar-refractivity contribution in [2.45, 2.75) is 46.3 Å². The van der Waals surface area contributed by atoms with Crippen molar-refractivity contribution in [3.05, 3.63) is 24.0 Å². The molecule has 0 spiro atoms. The molecule has 1 rings (SSSR count). The lowest BCUT2D eigenvalue weighted by Gasteiger charge is -2.19. The smallest absolute Gasteiger partial charge is 0.122 e. The van der Waals surface area contributed by atoms with E-state index in [0.717, 1.165) is 31.0 Å². The van der Waals surface area contributed by atoms with Crippen molar-refractivity contribution >= 4 is 0 Å². The highest BCUT2D eigenvalue weighted by Gasteiger charge is 2.09. The summed E-state index contributed by atoms with van der Waals surface area (Å²) < 4.78 is 11.3. The van der Waals surface area contributed by atoms with E-state index in [-0.39, 0.29) is 5.60 Å². The molecule has 1 heterocycles. The predicted molar refractivity (Wildman–Crippen MR) is 77.4 cm³/mol. The molecule has 108 valence electrons. The summed E-state index contributed by atoms with van der Waals surface area (Å²) in [6.07, 6.45) is 2.91. The Morgan fingerprint density at radius 2 is 2.05 bits per heavy atom. The number of nitrogens with one attached hydrogen (secondary N) is 1. The number of hydrogen-bond acceptors (Lipinski definition) is 4. The summed E-state index contributed by atoms with van der Waals surface area (Å²) in [6, 6.07) is 3.85. The molecule has 0 saturated heterocycles. The molecule has 0 radical (unpaired) electrons. The van der Waals surface area contributed by atoms with Gasteiger partial charge in [-0.25, -0.2) is 0 Å². The van der Waals surface area contributed by atoms with Gasteiger partial charge in [-0.05, 0) is 39.8 Å². The zero-order valence-corrected chi connectivity index (χ0v) is 12.5. The van der Waals surface area contributed by atoms with Crippen molar-refractivity contribution in [2.24, 2.45) is 0 Å². The van der Waals surface area contributed by atoms with E-state index < -0.39 is 0 Å². The van der Waals surface area contributed by atoms with Gasteiger partial charge in [0, 0.05) is 18.8 Å². The quantitative estimate of drug-likeness (QED) is 0.735. The van der Waals surface area contributed by atoms with Gasteiger partial charge in [0.15, 0.2) is 0 Å². The van der Waals surface area contributed by atoms with Crippen molar-refractivity contribution in [3.63, 3.8) is 0 Å². The van der Waals surface area contributed by atoms with Gasteiger partial charge in [0.2, 0.25) is 0 Å². The zero-order chi connectivity index (χ0) is 14.1. The topological polar surface area (TPSA) is 43.4 Å². The third-order valence-electron chi connectivity index (χ3n) is 2.41. The molecule has 1 aromatic heterocycles. The van der Waals surface area contributed by atoms with Crippen molar-refractivity contribution in [1.29, 1.82) is 0 Å². The minimum atomic E-state index is -0.114. The number of rotatable bonds is 8. The van der Waals surface area contributed by atoms with Crippen molar-refractivity contribution in [2.75, 3.05) is 19.8 Å². The molecule has 1 N–H and O–H groups in total. The van der Waals surface area contributed by atoms with Crippen LogP contribution in [-0.4, -0.2) is 30.3 Å². The van der Waals surface area contributed by atoms with Crippen molar-refractivity contribution < 1.29 is 9.47 Å². The van der Waals surface area contributed by atoms with Crippen LogP contribution in [0.1, 0.15) is 39.8 Å². The molecule has 19 heavy (non-hydrogen) atoms. The molecule has 1 aromatic rings. The fourth-order valence-corrected chi connectivity index (χ4v) is 1.54. The van der Waals surface area contributed by atoms with Gasteiger partial charge < -0.3 is 14.8 Å². The molecule has 0 aromatic carbocycles. The van der Waals surface area contributed by atoms with Crippen LogP contribution in [0, 0.1) is 0 Å². The Bertz CT molecular complexity index is 361. The summed E-state index contributed by atoms with van der Waals surface area (Å²) in [6.45, 7) is 11.2. The van der Waals surface area contributed by atoms with Gasteiger partial charge in [-0.2, -0.15) is 0 Å². The molecule has 0 atom stereocenters. The first kappa shape index (κ1) is 15.9. The maximum Gasteiger partial charge on any atom is 0.122 e. The second-order valence-corrected chi connectivity index (χ2v) is 5.47. The van der Waals surface area contributed by atoms with Gasteiger partial charge in [-0.3, -0.25) is 4.98 Å². The van der Waals surface area contributed by atoms with E-state index in [1.807, 2.05) is 32.9 Å². The average molecular weight is 266 g/mol. The normalized spacial score (nSPS) is 11.6. The number of hydrogen-bond donors (Lipinski definition) is 1. The molecular weight excluding hydrogens is 240 g/mol. The highest BCUT2D eigenvalue weighted by molar-refractivity contribution is 5.22. The van der Waals surface area contributed by atoms with Crippen LogP contribution in [0.25, 0.3) is 0 Å². The van der Waals surface area contributed by atoms with Crippen LogP contribution in [0.2, 0.25) is 0 Å². The monoisotopic (exact) mass is 266 g/mol. The SMILES string of the molecule is CCCNCc1cc(OCCOC(C)(C)C)ccn1. The molecular formula is C15H26N2O2. The van der Waals surface area contributed by atoms with E-state index in [4.69, 9.17) is 9.47 Å². The molecule has 0 fully saturated rings. The predicted octanol–water partition coefficient (Wildman–Crippen LogP) is 2.78. The Balaban J connectivity index is 2.31. The lowest BCUT2D eigenvalue weighted by molar-refractivity contribution is -0.0163. The van der Waals surface area contributed by atoms with E-state index >= 15 is 0 Å². The summed E-state index contributed by atoms with van der Waals surface area (Å²) in [7, 11) is 0. The third-order valence-corrected chi connectivity index (χ3v) is 2.41. The Morgan fingerprint density at radius 3 is 2.74 bits per heavy atom.